The van der Waals surface area contributed by atoms with Crippen molar-refractivity contribution >= 4 is 30.1 Å². The van der Waals surface area contributed by atoms with E-state index < -0.39 is 0 Å². The minimum absolute atomic E-state index is 0.212. The van der Waals surface area contributed by atoms with E-state index >= 15 is 0 Å². The number of para-hydroxylation sites is 1. The summed E-state index contributed by atoms with van der Waals surface area (Å²) >= 11 is 4.29. The summed E-state index contributed by atoms with van der Waals surface area (Å²) < 4.78 is 0. The molecule has 124 valence electrons. The Bertz CT molecular complexity index is 813. The number of carbonyl (C=O) groups excluding carboxylic acids is 2. The lowest BCUT2D eigenvalue weighted by Gasteiger charge is -2.25. The average molecular weight is 339 g/mol. The molecule has 2 aromatic carbocycles. The Balaban J connectivity index is 2.24. The first kappa shape index (κ1) is 16.8. The molecule has 24 heavy (non-hydrogen) atoms. The van der Waals surface area contributed by atoms with Crippen molar-refractivity contribution in [2.75, 3.05) is 4.90 Å². The summed E-state index contributed by atoms with van der Waals surface area (Å²) in [5.41, 5.74) is 3.66. The highest BCUT2D eigenvalue weighted by molar-refractivity contribution is 7.80. The molecule has 0 unspecified atom stereocenters. The van der Waals surface area contributed by atoms with Crippen molar-refractivity contribution in [1.82, 2.24) is 0 Å². The Kier molecular flexibility index (Phi) is 4.26. The van der Waals surface area contributed by atoms with Gasteiger partial charge in [-0.15, -0.1) is 12.6 Å². The van der Waals surface area contributed by atoms with Gasteiger partial charge in [-0.1, -0.05) is 45.9 Å². The predicted molar refractivity (Wildman–Crippen MR) is 99.5 cm³/mol. The predicted octanol–water partition coefficient (Wildman–Crippen LogP) is 5.02. The molecular weight excluding hydrogens is 318 g/mol. The number of fused-ring (bicyclic) bond motifs is 1. The fourth-order valence-electron chi connectivity index (χ4n) is 3.20. The Morgan fingerprint density at radius 2 is 1.38 bits per heavy atom. The topological polar surface area (TPSA) is 37.4 Å². The first-order valence-corrected chi connectivity index (χ1v) is 8.62. The fraction of sp³-hybridized carbons (Fsp3) is 0.300. The van der Waals surface area contributed by atoms with E-state index in [9.17, 15) is 9.59 Å². The maximum absolute atomic E-state index is 13.0. The van der Waals surface area contributed by atoms with E-state index in [0.717, 1.165) is 16.8 Å². The van der Waals surface area contributed by atoms with Gasteiger partial charge >= 0.3 is 0 Å². The lowest BCUT2D eigenvalue weighted by Crippen LogP contribution is -2.31. The van der Waals surface area contributed by atoms with Crippen LogP contribution in [0, 0.1) is 0 Å². The van der Waals surface area contributed by atoms with Crippen LogP contribution in [-0.4, -0.2) is 11.8 Å². The second kappa shape index (κ2) is 6.10. The molecule has 0 aromatic heterocycles. The maximum Gasteiger partial charge on any atom is 0.266 e. The largest absolute Gasteiger partial charge is 0.268 e. The van der Waals surface area contributed by atoms with Gasteiger partial charge in [0.2, 0.25) is 0 Å². The third kappa shape index (κ3) is 2.55. The van der Waals surface area contributed by atoms with E-state index in [-0.39, 0.29) is 23.7 Å². The van der Waals surface area contributed by atoms with Crippen molar-refractivity contribution < 1.29 is 9.59 Å². The Labute approximate surface area is 148 Å². The van der Waals surface area contributed by atoms with Crippen LogP contribution < -0.4 is 4.90 Å². The Morgan fingerprint density at radius 1 is 0.833 bits per heavy atom. The highest BCUT2D eigenvalue weighted by Gasteiger charge is 2.39. The number of nitrogens with zero attached hydrogens (tertiary/aromatic N) is 1. The molecule has 4 heteroatoms. The van der Waals surface area contributed by atoms with Crippen molar-refractivity contribution in [3.8, 4) is 0 Å². The Hall–Kier alpha value is -2.07. The molecule has 0 saturated carbocycles. The highest BCUT2D eigenvalue weighted by Crippen LogP contribution is 2.39. The number of rotatable bonds is 3. The monoisotopic (exact) mass is 339 g/mol. The number of hydrogen-bond acceptors (Lipinski definition) is 3. The van der Waals surface area contributed by atoms with Crippen LogP contribution in [0.25, 0.3) is 0 Å². The van der Waals surface area contributed by atoms with Gasteiger partial charge in [-0.3, -0.25) is 9.59 Å². The van der Waals surface area contributed by atoms with E-state index in [1.807, 2.05) is 18.2 Å². The van der Waals surface area contributed by atoms with Crippen molar-refractivity contribution in [3.05, 3.63) is 58.7 Å². The van der Waals surface area contributed by atoms with Crippen molar-refractivity contribution in [1.29, 1.82) is 0 Å². The van der Waals surface area contributed by atoms with Crippen LogP contribution in [0.4, 0.5) is 5.69 Å². The molecule has 0 bridgehead atoms. The molecule has 0 aliphatic carbocycles. The zero-order valence-corrected chi connectivity index (χ0v) is 15.2. The van der Waals surface area contributed by atoms with Crippen LogP contribution in [-0.2, 0) is 0 Å². The third-order valence-electron chi connectivity index (χ3n) is 4.44. The van der Waals surface area contributed by atoms with Gasteiger partial charge in [0.1, 0.15) is 0 Å². The van der Waals surface area contributed by atoms with E-state index in [1.165, 1.54) is 4.90 Å². The molecule has 0 radical (unpaired) electrons. The molecule has 1 aliphatic heterocycles. The summed E-state index contributed by atoms with van der Waals surface area (Å²) in [7, 11) is 0. The molecule has 3 rings (SSSR count). The Morgan fingerprint density at radius 3 is 1.92 bits per heavy atom. The third-order valence-corrected chi connectivity index (χ3v) is 4.71. The van der Waals surface area contributed by atoms with Crippen molar-refractivity contribution in [3.63, 3.8) is 0 Å². The standard InChI is InChI=1S/C20H21NO2S/c1-11(2)14-6-5-7-15(12(3)4)18(14)21-19(22)16-9-8-13(24)10-17(16)20(21)23/h5-12,24H,1-4H3. The van der Waals surface area contributed by atoms with Gasteiger partial charge in [-0.25, -0.2) is 4.90 Å². The van der Waals surface area contributed by atoms with Gasteiger partial charge in [-0.05, 0) is 41.2 Å². The molecule has 0 saturated heterocycles. The summed E-state index contributed by atoms with van der Waals surface area (Å²) in [4.78, 5) is 28.0. The summed E-state index contributed by atoms with van der Waals surface area (Å²) in [5.74, 6) is -0.0915. The molecule has 0 fully saturated rings. The van der Waals surface area contributed by atoms with Gasteiger partial charge in [0.05, 0.1) is 16.8 Å². The van der Waals surface area contributed by atoms with Crippen LogP contribution in [0.5, 0.6) is 0 Å². The molecule has 3 nitrogen and oxygen atoms in total. The van der Waals surface area contributed by atoms with E-state index in [0.29, 0.717) is 16.0 Å². The molecule has 0 atom stereocenters. The number of thiol groups is 1. The molecule has 1 heterocycles. The van der Waals surface area contributed by atoms with Gasteiger partial charge in [0.15, 0.2) is 0 Å². The second-order valence-electron chi connectivity index (χ2n) is 6.77. The summed E-state index contributed by atoms with van der Waals surface area (Å²) in [6.07, 6.45) is 0. The van der Waals surface area contributed by atoms with Crippen LogP contribution in [0.15, 0.2) is 41.3 Å². The van der Waals surface area contributed by atoms with Gasteiger partial charge < -0.3 is 0 Å². The summed E-state index contributed by atoms with van der Waals surface area (Å²) in [5, 5.41) is 0. The smallest absolute Gasteiger partial charge is 0.266 e. The van der Waals surface area contributed by atoms with Crippen LogP contribution in [0.2, 0.25) is 0 Å². The molecular formula is C20H21NO2S. The van der Waals surface area contributed by atoms with Crippen molar-refractivity contribution in [2.45, 2.75) is 44.4 Å². The normalized spacial score (nSPS) is 14.0. The van der Waals surface area contributed by atoms with Crippen LogP contribution >= 0.6 is 12.6 Å². The fourth-order valence-corrected chi connectivity index (χ4v) is 3.41. The second-order valence-corrected chi connectivity index (χ2v) is 7.29. The molecule has 0 spiro atoms. The van der Waals surface area contributed by atoms with E-state index in [2.05, 4.69) is 40.3 Å². The number of carbonyl (C=O) groups is 2. The van der Waals surface area contributed by atoms with Crippen molar-refractivity contribution in [2.24, 2.45) is 0 Å². The van der Waals surface area contributed by atoms with Crippen LogP contribution in [0.3, 0.4) is 0 Å². The zero-order valence-electron chi connectivity index (χ0n) is 14.3. The molecule has 0 N–H and O–H groups in total. The van der Waals surface area contributed by atoms with E-state index in [4.69, 9.17) is 0 Å². The number of amides is 2. The quantitative estimate of drug-likeness (QED) is 0.629. The summed E-state index contributed by atoms with van der Waals surface area (Å²) in [6, 6.07) is 11.1. The molecule has 2 aromatic rings. The minimum Gasteiger partial charge on any atom is -0.268 e. The van der Waals surface area contributed by atoms with Crippen LogP contribution in [0.1, 0.15) is 71.4 Å². The summed E-state index contributed by atoms with van der Waals surface area (Å²) in [6.45, 7) is 8.31. The molecule has 2 amide bonds. The SMILES string of the molecule is CC(C)c1cccc(C(C)C)c1N1C(=O)c2ccc(S)cc2C1=O. The van der Waals surface area contributed by atoms with Gasteiger partial charge in [0, 0.05) is 4.90 Å². The average Bonchev–Trinajstić information content (AvgIpc) is 2.77. The number of hydrogen-bond donors (Lipinski definition) is 1. The maximum atomic E-state index is 13.0. The van der Waals surface area contributed by atoms with Gasteiger partial charge in [0.25, 0.3) is 11.8 Å². The lowest BCUT2D eigenvalue weighted by molar-refractivity contribution is 0.0925. The van der Waals surface area contributed by atoms with E-state index in [1.54, 1.807) is 18.2 Å². The first-order chi connectivity index (χ1) is 11.3. The number of anilines is 1. The first-order valence-electron chi connectivity index (χ1n) is 8.17. The zero-order chi connectivity index (χ0) is 17.6. The number of benzene rings is 2. The van der Waals surface area contributed by atoms with Gasteiger partial charge in [-0.2, -0.15) is 0 Å². The highest BCUT2D eigenvalue weighted by atomic mass is 32.1. The lowest BCUT2D eigenvalue weighted by atomic mass is 9.92. The number of imide groups is 1. The minimum atomic E-state index is -0.263. The molecule has 1 aliphatic rings.